The van der Waals surface area contributed by atoms with Gasteiger partial charge in [0.2, 0.25) is 0 Å². The molecule has 0 saturated carbocycles. The summed E-state index contributed by atoms with van der Waals surface area (Å²) in [5.41, 5.74) is 0. The Morgan fingerprint density at radius 2 is 1.86 bits per heavy atom. The van der Waals surface area contributed by atoms with Crippen LogP contribution >= 0.6 is 11.8 Å². The van der Waals surface area contributed by atoms with E-state index in [4.69, 9.17) is 0 Å². The van der Waals surface area contributed by atoms with Gasteiger partial charge in [0.05, 0.1) is 0 Å². The maximum atomic E-state index is 3.50. The molecule has 1 unspecified atom stereocenters. The van der Waals surface area contributed by atoms with E-state index in [0.717, 1.165) is 18.4 Å². The van der Waals surface area contributed by atoms with Crippen LogP contribution in [-0.2, 0) is 0 Å². The molecule has 0 aliphatic rings. The number of hydrogen-bond donors (Lipinski definition) is 1. The first-order valence-corrected chi connectivity index (χ1v) is 7.25. The molecule has 0 aromatic rings. The van der Waals surface area contributed by atoms with Gasteiger partial charge in [-0.15, -0.1) is 0 Å². The Morgan fingerprint density at radius 1 is 1.14 bits per heavy atom. The third-order valence-electron chi connectivity index (χ3n) is 2.41. The lowest BCUT2D eigenvalue weighted by Crippen LogP contribution is -2.22. The van der Waals surface area contributed by atoms with Gasteiger partial charge >= 0.3 is 0 Å². The van der Waals surface area contributed by atoms with Crippen LogP contribution in [0.1, 0.15) is 40.0 Å². The van der Waals surface area contributed by atoms with Crippen LogP contribution in [0.5, 0.6) is 0 Å². The van der Waals surface area contributed by atoms with Gasteiger partial charge in [-0.25, -0.2) is 0 Å². The van der Waals surface area contributed by atoms with Crippen LogP contribution < -0.4 is 5.32 Å². The first-order valence-electron chi connectivity index (χ1n) is 5.86. The fourth-order valence-corrected chi connectivity index (χ4v) is 1.92. The van der Waals surface area contributed by atoms with Crippen molar-refractivity contribution in [2.75, 3.05) is 25.1 Å². The summed E-state index contributed by atoms with van der Waals surface area (Å²) in [5, 5.41) is 3.50. The minimum absolute atomic E-state index is 0.779. The Morgan fingerprint density at radius 3 is 2.43 bits per heavy atom. The fraction of sp³-hybridized carbons (Fsp3) is 1.00. The van der Waals surface area contributed by atoms with Gasteiger partial charge < -0.3 is 5.32 Å². The van der Waals surface area contributed by atoms with Gasteiger partial charge in [0.25, 0.3) is 0 Å². The second-order valence-electron chi connectivity index (χ2n) is 4.63. The molecule has 0 aliphatic heterocycles. The Labute approximate surface area is 94.4 Å². The predicted octanol–water partition coefficient (Wildman–Crippen LogP) is 3.40. The zero-order chi connectivity index (χ0) is 10.8. The summed E-state index contributed by atoms with van der Waals surface area (Å²) < 4.78 is 0. The standard InChI is InChI=1S/C12H27NS/c1-11(2)10-13-8-7-12(3)6-5-9-14-4/h11-13H,5-10H2,1-4H3. The van der Waals surface area contributed by atoms with Crippen molar-refractivity contribution < 1.29 is 0 Å². The average molecular weight is 217 g/mol. The van der Waals surface area contributed by atoms with Crippen molar-refractivity contribution in [3.8, 4) is 0 Å². The fourth-order valence-electron chi connectivity index (χ4n) is 1.46. The highest BCUT2D eigenvalue weighted by Crippen LogP contribution is 2.11. The van der Waals surface area contributed by atoms with Crippen molar-refractivity contribution in [1.82, 2.24) is 5.32 Å². The van der Waals surface area contributed by atoms with Crippen molar-refractivity contribution in [3.05, 3.63) is 0 Å². The molecular formula is C12H27NS. The van der Waals surface area contributed by atoms with Gasteiger partial charge in [-0.2, -0.15) is 11.8 Å². The third-order valence-corrected chi connectivity index (χ3v) is 3.11. The van der Waals surface area contributed by atoms with Gasteiger partial charge in [-0.3, -0.25) is 0 Å². The molecule has 1 N–H and O–H groups in total. The van der Waals surface area contributed by atoms with E-state index in [9.17, 15) is 0 Å². The largest absolute Gasteiger partial charge is 0.316 e. The lowest BCUT2D eigenvalue weighted by atomic mass is 10.0. The second kappa shape index (κ2) is 9.85. The van der Waals surface area contributed by atoms with Crippen LogP contribution in [0.4, 0.5) is 0 Å². The van der Waals surface area contributed by atoms with Gasteiger partial charge in [0, 0.05) is 0 Å². The van der Waals surface area contributed by atoms with E-state index < -0.39 is 0 Å². The number of thioether (sulfide) groups is 1. The topological polar surface area (TPSA) is 12.0 Å². The molecule has 1 nitrogen and oxygen atoms in total. The minimum Gasteiger partial charge on any atom is -0.316 e. The molecule has 0 saturated heterocycles. The Kier molecular flexibility index (Phi) is 10.1. The molecule has 1 atom stereocenters. The summed E-state index contributed by atoms with van der Waals surface area (Å²) in [5.74, 6) is 2.99. The summed E-state index contributed by atoms with van der Waals surface area (Å²) >= 11 is 1.96. The van der Waals surface area contributed by atoms with Crippen LogP contribution in [0, 0.1) is 11.8 Å². The highest BCUT2D eigenvalue weighted by Gasteiger charge is 2.01. The highest BCUT2D eigenvalue weighted by molar-refractivity contribution is 7.98. The molecule has 0 heterocycles. The van der Waals surface area contributed by atoms with Crippen LogP contribution in [0.2, 0.25) is 0 Å². The third kappa shape index (κ3) is 10.4. The maximum Gasteiger partial charge on any atom is -0.00258 e. The van der Waals surface area contributed by atoms with Crippen molar-refractivity contribution in [2.24, 2.45) is 11.8 Å². The average Bonchev–Trinajstić information content (AvgIpc) is 2.13. The quantitative estimate of drug-likeness (QED) is 0.594. The minimum atomic E-state index is 0.779. The van der Waals surface area contributed by atoms with Crippen molar-refractivity contribution in [3.63, 3.8) is 0 Å². The van der Waals surface area contributed by atoms with E-state index in [0.29, 0.717) is 0 Å². The number of nitrogens with one attached hydrogen (secondary N) is 1. The van der Waals surface area contributed by atoms with Gasteiger partial charge in [0.15, 0.2) is 0 Å². The summed E-state index contributed by atoms with van der Waals surface area (Å²) in [4.78, 5) is 0. The molecule has 0 fully saturated rings. The van der Waals surface area contributed by atoms with Gasteiger partial charge in [-0.1, -0.05) is 20.8 Å². The highest BCUT2D eigenvalue weighted by atomic mass is 32.2. The molecule has 86 valence electrons. The molecule has 0 aliphatic carbocycles. The molecule has 0 aromatic heterocycles. The predicted molar refractivity (Wildman–Crippen MR) is 69.1 cm³/mol. The lowest BCUT2D eigenvalue weighted by molar-refractivity contribution is 0.451. The number of hydrogen-bond acceptors (Lipinski definition) is 2. The first kappa shape index (κ1) is 14.3. The zero-order valence-corrected chi connectivity index (χ0v) is 11.1. The van der Waals surface area contributed by atoms with Crippen LogP contribution in [0.3, 0.4) is 0 Å². The second-order valence-corrected chi connectivity index (χ2v) is 5.61. The molecule has 0 amide bonds. The molecule has 14 heavy (non-hydrogen) atoms. The normalized spacial score (nSPS) is 13.5. The zero-order valence-electron chi connectivity index (χ0n) is 10.3. The van der Waals surface area contributed by atoms with Crippen LogP contribution in [0.15, 0.2) is 0 Å². The Bertz CT molecular complexity index is 115. The summed E-state index contributed by atoms with van der Waals surface area (Å²) in [7, 11) is 0. The molecule has 2 heteroatoms. The van der Waals surface area contributed by atoms with E-state index in [2.05, 4.69) is 32.3 Å². The van der Waals surface area contributed by atoms with Gasteiger partial charge in [0.1, 0.15) is 0 Å². The molecule has 0 radical (unpaired) electrons. The lowest BCUT2D eigenvalue weighted by Gasteiger charge is -2.12. The molecule has 0 aromatic carbocycles. The Balaban J connectivity index is 3.14. The SMILES string of the molecule is CSCCCC(C)CCNCC(C)C. The Hall–Kier alpha value is 0.310. The molecule has 0 spiro atoms. The molecule has 0 rings (SSSR count). The van der Waals surface area contributed by atoms with Crippen LogP contribution in [-0.4, -0.2) is 25.1 Å². The van der Waals surface area contributed by atoms with Crippen LogP contribution in [0.25, 0.3) is 0 Å². The van der Waals surface area contributed by atoms with Gasteiger partial charge in [-0.05, 0) is 56.2 Å². The summed E-state index contributed by atoms with van der Waals surface area (Å²) in [6, 6.07) is 0. The maximum absolute atomic E-state index is 3.50. The van der Waals surface area contributed by atoms with Crippen molar-refractivity contribution >= 4 is 11.8 Å². The first-order chi connectivity index (χ1) is 6.66. The monoisotopic (exact) mass is 217 g/mol. The van der Waals surface area contributed by atoms with E-state index in [1.54, 1.807) is 0 Å². The summed E-state index contributed by atoms with van der Waals surface area (Å²) in [6.45, 7) is 9.25. The van der Waals surface area contributed by atoms with Crippen molar-refractivity contribution in [2.45, 2.75) is 40.0 Å². The van der Waals surface area contributed by atoms with E-state index in [1.165, 1.54) is 31.6 Å². The van der Waals surface area contributed by atoms with E-state index in [1.807, 2.05) is 11.8 Å². The summed E-state index contributed by atoms with van der Waals surface area (Å²) in [6.07, 6.45) is 6.30. The van der Waals surface area contributed by atoms with E-state index >= 15 is 0 Å². The smallest absolute Gasteiger partial charge is 0.00258 e. The van der Waals surface area contributed by atoms with E-state index in [-0.39, 0.29) is 0 Å². The molecule has 0 bridgehead atoms. The molecular weight excluding hydrogens is 190 g/mol. The van der Waals surface area contributed by atoms with Crippen molar-refractivity contribution in [1.29, 1.82) is 0 Å². The number of rotatable bonds is 9.